The van der Waals surface area contributed by atoms with E-state index in [0.29, 0.717) is 42.9 Å². The lowest BCUT2D eigenvalue weighted by Gasteiger charge is -2.36. The van der Waals surface area contributed by atoms with Gasteiger partial charge in [-0.15, -0.1) is 0 Å². The second-order valence-corrected chi connectivity index (χ2v) is 7.04. The Morgan fingerprint density at radius 3 is 2.35 bits per heavy atom. The van der Waals surface area contributed by atoms with Crippen LogP contribution < -0.4 is 5.73 Å². The number of nitrogens with zero attached hydrogens (tertiary/aromatic N) is 1. The van der Waals surface area contributed by atoms with Gasteiger partial charge in [-0.1, -0.05) is 24.9 Å². The van der Waals surface area contributed by atoms with Crippen LogP contribution in [-0.4, -0.2) is 35.2 Å². The number of hydrogen-bond donors (Lipinski definition) is 1. The van der Waals surface area contributed by atoms with Crippen LogP contribution in [0.1, 0.15) is 49.9 Å². The molecule has 0 aromatic heterocycles. The molecule has 1 amide bonds. The van der Waals surface area contributed by atoms with Gasteiger partial charge in [-0.2, -0.15) is 0 Å². The average Bonchev–Trinajstić information content (AvgIpc) is 2.54. The van der Waals surface area contributed by atoms with Crippen LogP contribution in [-0.2, 0) is 4.79 Å². The number of nitrogens with two attached hydrogens (primary N) is 1. The third-order valence-electron chi connectivity index (χ3n) is 4.54. The molecule has 0 radical (unpaired) electrons. The predicted octanol–water partition coefficient (Wildman–Crippen LogP) is 3.28. The van der Waals surface area contributed by atoms with Gasteiger partial charge >= 0.3 is 0 Å². The molecule has 1 fully saturated rings. The molecule has 1 unspecified atom stereocenters. The Labute approximate surface area is 143 Å². The second kappa shape index (κ2) is 7.45. The van der Waals surface area contributed by atoms with Gasteiger partial charge in [-0.25, -0.2) is 0 Å². The summed E-state index contributed by atoms with van der Waals surface area (Å²) in [6.07, 6.45) is 2.94. The highest BCUT2D eigenvalue weighted by Crippen LogP contribution is 2.24. The average molecular weight is 337 g/mol. The topological polar surface area (TPSA) is 63.4 Å². The minimum absolute atomic E-state index is 0.00302. The van der Waals surface area contributed by atoms with E-state index in [1.165, 1.54) is 0 Å². The first kappa shape index (κ1) is 18.0. The Kier molecular flexibility index (Phi) is 5.82. The molecule has 1 aromatic carbocycles. The number of rotatable bonds is 5. The van der Waals surface area contributed by atoms with Crippen LogP contribution in [0.2, 0.25) is 5.02 Å². The number of hydrogen-bond acceptors (Lipinski definition) is 3. The molecule has 0 saturated carbocycles. The van der Waals surface area contributed by atoms with Crippen LogP contribution in [0, 0.1) is 5.92 Å². The van der Waals surface area contributed by atoms with Gasteiger partial charge in [0.05, 0.1) is 5.54 Å². The molecule has 23 heavy (non-hydrogen) atoms. The summed E-state index contributed by atoms with van der Waals surface area (Å²) in [5.74, 6) is 0.102. The smallest absolute Gasteiger partial charge is 0.242 e. The number of carbonyl (C=O) groups excluding carboxylic acids is 2. The lowest BCUT2D eigenvalue weighted by atomic mass is 9.87. The highest BCUT2D eigenvalue weighted by molar-refractivity contribution is 6.30. The molecule has 0 bridgehead atoms. The fourth-order valence-electron chi connectivity index (χ4n) is 3.18. The van der Waals surface area contributed by atoms with E-state index in [4.69, 9.17) is 17.3 Å². The summed E-state index contributed by atoms with van der Waals surface area (Å²) in [6.45, 7) is 5.01. The van der Waals surface area contributed by atoms with Crippen LogP contribution in [0.4, 0.5) is 0 Å². The number of piperidine rings is 1. The minimum Gasteiger partial charge on any atom is -0.341 e. The SMILES string of the molecule is CCCC(C)(N)C(=O)N1CCC(C(=O)c2ccc(Cl)cc2)CC1. The van der Waals surface area contributed by atoms with Crippen LogP contribution in [0.25, 0.3) is 0 Å². The van der Waals surface area contributed by atoms with Gasteiger partial charge in [0.25, 0.3) is 0 Å². The number of likely N-dealkylation sites (tertiary alicyclic amines) is 1. The summed E-state index contributed by atoms with van der Waals surface area (Å²) in [5, 5.41) is 0.625. The van der Waals surface area contributed by atoms with E-state index in [-0.39, 0.29) is 17.6 Å². The molecule has 2 rings (SSSR count). The van der Waals surface area contributed by atoms with E-state index in [0.717, 1.165) is 6.42 Å². The first-order chi connectivity index (χ1) is 10.8. The van der Waals surface area contributed by atoms with Crippen LogP contribution in [0.15, 0.2) is 24.3 Å². The second-order valence-electron chi connectivity index (χ2n) is 6.61. The van der Waals surface area contributed by atoms with Gasteiger partial charge in [0, 0.05) is 29.6 Å². The quantitative estimate of drug-likeness (QED) is 0.839. The number of carbonyl (C=O) groups is 2. The predicted molar refractivity (Wildman–Crippen MR) is 92.6 cm³/mol. The zero-order chi connectivity index (χ0) is 17.0. The van der Waals surface area contributed by atoms with E-state index in [2.05, 4.69) is 0 Å². The zero-order valence-electron chi connectivity index (χ0n) is 13.8. The van der Waals surface area contributed by atoms with E-state index < -0.39 is 5.54 Å². The fourth-order valence-corrected chi connectivity index (χ4v) is 3.31. The Morgan fingerprint density at radius 2 is 1.83 bits per heavy atom. The molecule has 1 aliphatic rings. The molecule has 1 aromatic rings. The minimum atomic E-state index is -0.804. The summed E-state index contributed by atoms with van der Waals surface area (Å²) in [7, 11) is 0. The van der Waals surface area contributed by atoms with E-state index in [1.807, 2.05) is 6.92 Å². The monoisotopic (exact) mass is 336 g/mol. The third kappa shape index (κ3) is 4.33. The van der Waals surface area contributed by atoms with Crippen LogP contribution in [0.3, 0.4) is 0 Å². The molecular formula is C18H25ClN2O2. The number of Topliss-reactive ketones (excluding diaryl/α,β-unsaturated/α-hetero) is 1. The maximum Gasteiger partial charge on any atom is 0.242 e. The highest BCUT2D eigenvalue weighted by Gasteiger charge is 2.35. The molecule has 5 heteroatoms. The summed E-state index contributed by atoms with van der Waals surface area (Å²) in [6, 6.07) is 7.00. The van der Waals surface area contributed by atoms with Crippen molar-refractivity contribution in [3.63, 3.8) is 0 Å². The molecule has 4 nitrogen and oxygen atoms in total. The molecular weight excluding hydrogens is 312 g/mol. The van der Waals surface area contributed by atoms with Crippen molar-refractivity contribution in [1.29, 1.82) is 0 Å². The van der Waals surface area contributed by atoms with Crippen molar-refractivity contribution >= 4 is 23.3 Å². The van der Waals surface area contributed by atoms with E-state index in [9.17, 15) is 9.59 Å². The molecule has 1 atom stereocenters. The molecule has 1 saturated heterocycles. The van der Waals surface area contributed by atoms with Crippen molar-refractivity contribution in [3.05, 3.63) is 34.9 Å². The zero-order valence-corrected chi connectivity index (χ0v) is 14.6. The summed E-state index contributed by atoms with van der Waals surface area (Å²) >= 11 is 5.86. The van der Waals surface area contributed by atoms with Gasteiger partial charge in [0.15, 0.2) is 5.78 Å². The Bertz CT molecular complexity index is 561. The van der Waals surface area contributed by atoms with Gasteiger partial charge in [0.1, 0.15) is 0 Å². The van der Waals surface area contributed by atoms with E-state index >= 15 is 0 Å². The van der Waals surface area contributed by atoms with Crippen molar-refractivity contribution in [2.75, 3.05) is 13.1 Å². The first-order valence-electron chi connectivity index (χ1n) is 8.23. The Hall–Kier alpha value is -1.39. The third-order valence-corrected chi connectivity index (χ3v) is 4.79. The number of benzene rings is 1. The standard InChI is InChI=1S/C18H25ClN2O2/c1-3-10-18(2,20)17(23)21-11-8-14(9-12-21)16(22)13-4-6-15(19)7-5-13/h4-7,14H,3,8-12,20H2,1-2H3. The number of ketones is 1. The molecule has 2 N–H and O–H groups in total. The highest BCUT2D eigenvalue weighted by atomic mass is 35.5. The number of amides is 1. The molecule has 0 spiro atoms. The molecule has 1 heterocycles. The molecule has 0 aliphatic carbocycles. The normalized spacial score (nSPS) is 18.5. The van der Waals surface area contributed by atoms with E-state index in [1.54, 1.807) is 36.1 Å². The lowest BCUT2D eigenvalue weighted by molar-refractivity contribution is -0.138. The van der Waals surface area contributed by atoms with Crippen molar-refractivity contribution in [2.45, 2.75) is 45.1 Å². The van der Waals surface area contributed by atoms with Crippen LogP contribution >= 0.6 is 11.6 Å². The molecule has 1 aliphatic heterocycles. The summed E-state index contributed by atoms with van der Waals surface area (Å²) < 4.78 is 0. The lowest BCUT2D eigenvalue weighted by Crippen LogP contribution is -2.55. The van der Waals surface area contributed by atoms with Gasteiger partial charge in [-0.05, 0) is 50.5 Å². The number of halogens is 1. The van der Waals surface area contributed by atoms with Crippen molar-refractivity contribution in [3.8, 4) is 0 Å². The maximum absolute atomic E-state index is 12.5. The molecule has 126 valence electrons. The van der Waals surface area contributed by atoms with Gasteiger partial charge in [-0.3, -0.25) is 9.59 Å². The summed E-state index contributed by atoms with van der Waals surface area (Å²) in [5.41, 5.74) is 6.02. The first-order valence-corrected chi connectivity index (χ1v) is 8.61. The van der Waals surface area contributed by atoms with Crippen molar-refractivity contribution < 1.29 is 9.59 Å². The largest absolute Gasteiger partial charge is 0.341 e. The maximum atomic E-state index is 12.5. The summed E-state index contributed by atoms with van der Waals surface area (Å²) in [4.78, 5) is 26.8. The van der Waals surface area contributed by atoms with Crippen molar-refractivity contribution in [2.24, 2.45) is 11.7 Å². The van der Waals surface area contributed by atoms with Gasteiger partial charge < -0.3 is 10.6 Å². The van der Waals surface area contributed by atoms with Crippen molar-refractivity contribution in [1.82, 2.24) is 4.90 Å². The van der Waals surface area contributed by atoms with Gasteiger partial charge in [0.2, 0.25) is 5.91 Å². The fraction of sp³-hybridized carbons (Fsp3) is 0.556. The Morgan fingerprint density at radius 1 is 1.26 bits per heavy atom. The van der Waals surface area contributed by atoms with Crippen LogP contribution in [0.5, 0.6) is 0 Å². The Balaban J connectivity index is 1.94.